The number of para-hydroxylation sites is 4. The van der Waals surface area contributed by atoms with E-state index in [1.54, 1.807) is 22.7 Å². The van der Waals surface area contributed by atoms with Crippen LogP contribution in [0.2, 0.25) is 0 Å². The van der Waals surface area contributed by atoms with Gasteiger partial charge in [-0.05, 0) is 216 Å². The number of hydrogen-bond acceptors (Lipinski definition) is 9. The van der Waals surface area contributed by atoms with Gasteiger partial charge in [0, 0.05) is 149 Å². The fraction of sp³-hybridized carbons (Fsp3) is 0.0233. The standard InChI is InChI=1S/C37H23NPS.C35H22N2PS2.C30H23NP.C27H17NPS.4Ir/c1-3-10-25(11-4-1)27-18-20-34-31(23-27)32-24-28(26-12-5-2-6-13-26)19-21-35(32)39(34)30-15-9-14-29(22-30)37-38-33-16-7-8-17-36(33)40-37;1-2-11-24(12-3-1)32-21-22-34(39-32)37-28-16-5-7-18-30(28)38(31-19-8-6-17-29(31)37)26-14-10-13-25(23-26)35-36-27-15-4-9-20-33(27)40-35;1-30(2)25-14-5-7-16-27(25)32(28-17-8-6-15-26(28)30)23-12-9-11-22(20-23)29-24-13-4-3-10-21(24)18-19-31-29;30-29(25-11-5-3-9-23(25)24-10-4-6-12-26(24)29)21-15-13-20(14-16-21)27-22-8-2-1-7-19(22)17-18-28-27;;;;/h1-13,15-24H;1-12,14-23H;3-10,12-20H,1-2H3;1-13,15-18H;;;;/q4*-1;;;;. The van der Waals surface area contributed by atoms with Gasteiger partial charge in [-0.1, -0.05) is 364 Å². The third-order valence-corrected chi connectivity index (χ3v) is 43.0. The van der Waals surface area contributed by atoms with Crippen LogP contribution in [-0.2, 0) is 97.6 Å². The fourth-order valence-corrected chi connectivity index (χ4v) is 35.8. The van der Waals surface area contributed by atoms with Crippen molar-refractivity contribution in [3.63, 3.8) is 0 Å². The van der Waals surface area contributed by atoms with E-state index >= 15 is 0 Å². The topological polar surface area (TPSA) is 54.8 Å². The largest absolute Gasteiger partial charge is 0.304 e. The first-order valence-corrected chi connectivity index (χ1v) is 56.7. The average molecular weight is 2730 g/mol. The Hall–Kier alpha value is -12.3. The van der Waals surface area contributed by atoms with Crippen LogP contribution in [0.3, 0.4) is 0 Å². The van der Waals surface area contributed by atoms with Crippen LogP contribution in [0.15, 0.2) is 480 Å². The zero-order valence-corrected chi connectivity index (χ0v) is 95.0. The molecule has 9 heterocycles. The molecule has 0 amide bonds. The SMILES string of the molecule is CC1(C)c2ccccc2P(c2cc[c-]c(-c3nccc4ccccc34)c2)c2ccccc21.S=P1(c2c[c-]c(-c3nccc4ccccc34)cc2)c2ccccc2-c2ccccc21.[Ir].[Ir].[Ir].[Ir].[c-]1ccc(-p2c3ccc(-c4ccccc4)cc3c3cc(-c4ccccc4)ccc32)cc1-c1nc2ccccc2s1.[c-]1ccc(P2c3ccccc3N(c3ccc(-c4ccccc4)s3)c3ccccc32)cc1-c1nc2ccccc2s1. The Morgan fingerprint density at radius 2 is 0.740 bits per heavy atom. The third-order valence-electron chi connectivity index (χ3n) is 27.2. The van der Waals surface area contributed by atoms with Crippen LogP contribution in [-0.4, -0.2) is 19.9 Å². The van der Waals surface area contributed by atoms with Crippen LogP contribution in [0.4, 0.5) is 16.4 Å². The summed E-state index contributed by atoms with van der Waals surface area (Å²) in [6.45, 7) is 4.70. The van der Waals surface area contributed by atoms with Crippen molar-refractivity contribution in [2.45, 2.75) is 19.3 Å². The van der Waals surface area contributed by atoms with Crippen molar-refractivity contribution in [1.29, 1.82) is 0 Å². The van der Waals surface area contributed by atoms with E-state index in [0.29, 0.717) is 0 Å². The molecule has 25 aromatic rings. The molecule has 146 heavy (non-hydrogen) atoms. The Labute approximate surface area is 924 Å². The molecule has 4 radical (unpaired) electrons. The summed E-state index contributed by atoms with van der Waals surface area (Å²) in [4.78, 5) is 23.0. The van der Waals surface area contributed by atoms with E-state index in [2.05, 4.69) is 503 Å². The Kier molecular flexibility index (Phi) is 29.5. The normalized spacial score (nSPS) is 12.7. The van der Waals surface area contributed by atoms with Crippen LogP contribution in [0.25, 0.3) is 156 Å². The number of anilines is 3. The molecule has 0 saturated heterocycles. The van der Waals surface area contributed by atoms with Crippen molar-refractivity contribution in [3.8, 4) is 92.8 Å². The van der Waals surface area contributed by atoms with Crippen LogP contribution < -0.4 is 52.6 Å². The van der Waals surface area contributed by atoms with Gasteiger partial charge in [-0.25, -0.2) is 0 Å². The van der Waals surface area contributed by atoms with Gasteiger partial charge in [0.05, 0.1) is 22.4 Å². The van der Waals surface area contributed by atoms with E-state index in [1.807, 2.05) is 35.9 Å². The van der Waals surface area contributed by atoms with Gasteiger partial charge in [0.1, 0.15) is 5.00 Å². The zero-order valence-electron chi connectivity index (χ0n) is 78.6. The van der Waals surface area contributed by atoms with Crippen molar-refractivity contribution in [2.24, 2.45) is 0 Å². The van der Waals surface area contributed by atoms with E-state index in [0.717, 1.165) is 60.1 Å². The molecule has 17 heteroatoms. The molecule has 710 valence electrons. The van der Waals surface area contributed by atoms with Crippen LogP contribution in [0, 0.1) is 24.3 Å². The summed E-state index contributed by atoms with van der Waals surface area (Å²) < 4.78 is 2.41. The molecule has 0 saturated carbocycles. The molecular formula is C129H85Ir4N5P4S4-4. The number of rotatable bonds is 12. The van der Waals surface area contributed by atoms with Crippen LogP contribution in [0.1, 0.15) is 25.0 Å². The molecule has 28 rings (SSSR count). The van der Waals surface area contributed by atoms with Crippen LogP contribution >= 0.6 is 63.4 Å². The summed E-state index contributed by atoms with van der Waals surface area (Å²) in [7, 11) is -2.13. The molecule has 6 aromatic heterocycles. The van der Waals surface area contributed by atoms with Gasteiger partial charge in [-0.3, -0.25) is 9.97 Å². The molecule has 0 bridgehead atoms. The summed E-state index contributed by atoms with van der Waals surface area (Å²) in [5.74, 6) is 0. The first kappa shape index (κ1) is 99.6. The second kappa shape index (κ2) is 43.2. The van der Waals surface area contributed by atoms with Crippen molar-refractivity contribution in [2.75, 3.05) is 4.90 Å². The van der Waals surface area contributed by atoms with E-state index in [-0.39, 0.29) is 85.8 Å². The maximum absolute atomic E-state index is 6.46. The smallest absolute Gasteiger partial charge is 0.101 e. The number of thiophene rings is 1. The minimum absolute atomic E-state index is 0. The second-order valence-corrected chi connectivity index (χ2v) is 49.8. The second-order valence-electron chi connectivity index (χ2n) is 35.9. The number of thiazole rings is 2. The number of pyridine rings is 2. The molecule has 0 unspecified atom stereocenters. The van der Waals surface area contributed by atoms with Gasteiger partial charge in [0.15, 0.2) is 0 Å². The first-order valence-electron chi connectivity index (χ1n) is 47.5. The molecule has 0 spiro atoms. The number of aromatic nitrogens is 4. The zero-order chi connectivity index (χ0) is 94.8. The monoisotopic (exact) mass is 2730 g/mol. The van der Waals surface area contributed by atoms with Crippen molar-refractivity contribution < 1.29 is 80.4 Å². The molecule has 0 aliphatic carbocycles. The Morgan fingerprint density at radius 1 is 0.322 bits per heavy atom. The summed E-state index contributed by atoms with van der Waals surface area (Å²) in [5.41, 5.74) is 22.4. The van der Waals surface area contributed by atoms with Crippen molar-refractivity contribution in [1.82, 2.24) is 19.9 Å². The molecule has 0 fully saturated rings. The Bertz CT molecular complexity index is 8890. The fourth-order valence-electron chi connectivity index (χ4n) is 20.5. The maximum Gasteiger partial charge on any atom is 0.101 e. The van der Waals surface area contributed by atoms with Gasteiger partial charge in [0.25, 0.3) is 0 Å². The first-order chi connectivity index (χ1) is 70.1. The van der Waals surface area contributed by atoms with Gasteiger partial charge in [-0.2, -0.15) is 22.7 Å². The van der Waals surface area contributed by atoms with E-state index < -0.39 is 29.4 Å². The average Bonchev–Trinajstić information content (AvgIpc) is 1.44. The maximum atomic E-state index is 6.46. The molecule has 3 aliphatic rings. The van der Waals surface area contributed by atoms with Gasteiger partial charge in [-0.15, -0.1) is 131 Å². The van der Waals surface area contributed by atoms with Crippen molar-refractivity contribution in [3.05, 3.63) is 515 Å². The number of hydrogen-bond donors (Lipinski definition) is 0. The van der Waals surface area contributed by atoms with Gasteiger partial charge in [0.2, 0.25) is 0 Å². The molecule has 3 aliphatic heterocycles. The van der Waals surface area contributed by atoms with Crippen molar-refractivity contribution >= 4 is 202 Å². The number of benzene rings is 19. The Balaban J connectivity index is 0.000000114. The molecular weight excluding hydrogens is 2640 g/mol. The Morgan fingerprint density at radius 3 is 1.25 bits per heavy atom. The number of fused-ring (bicyclic) bond motifs is 14. The minimum Gasteiger partial charge on any atom is -0.304 e. The molecule has 0 atom stereocenters. The molecule has 19 aromatic carbocycles. The van der Waals surface area contributed by atoms with E-state index in [9.17, 15) is 0 Å². The quantitative estimate of drug-likeness (QED) is 0.0897. The minimum atomic E-state index is -2.08. The molecule has 0 N–H and O–H groups in total. The van der Waals surface area contributed by atoms with Crippen LogP contribution in [0.5, 0.6) is 0 Å². The molecule has 5 nitrogen and oxygen atoms in total. The predicted octanol–water partition coefficient (Wildman–Crippen LogP) is 31.9. The summed E-state index contributed by atoms with van der Waals surface area (Å²) >= 11 is 11.8. The summed E-state index contributed by atoms with van der Waals surface area (Å²) in [6.07, 6.45) is 3.77. The summed E-state index contributed by atoms with van der Waals surface area (Å²) in [5, 5.41) is 26.9. The van der Waals surface area contributed by atoms with Gasteiger partial charge < -0.3 is 14.9 Å². The van der Waals surface area contributed by atoms with E-state index in [1.165, 1.54) is 171 Å². The van der Waals surface area contributed by atoms with Gasteiger partial charge >= 0.3 is 0 Å². The summed E-state index contributed by atoms with van der Waals surface area (Å²) in [6, 6.07) is 179. The van der Waals surface area contributed by atoms with E-state index in [4.69, 9.17) is 26.8 Å². The predicted molar refractivity (Wildman–Crippen MR) is 616 cm³/mol. The third kappa shape index (κ3) is 18.7. The number of nitrogens with zero attached hydrogens (tertiary/aromatic N) is 5.